The Hall–Kier alpha value is -3.27. The topological polar surface area (TPSA) is 72.2 Å². The highest BCUT2D eigenvalue weighted by molar-refractivity contribution is 5.90. The van der Waals surface area contributed by atoms with Crippen LogP contribution in [0.5, 0.6) is 5.75 Å². The molecule has 1 aliphatic carbocycles. The van der Waals surface area contributed by atoms with Crippen LogP contribution in [0, 0.1) is 6.92 Å². The van der Waals surface area contributed by atoms with Crippen molar-refractivity contribution in [2.75, 3.05) is 32.1 Å². The van der Waals surface area contributed by atoms with Crippen molar-refractivity contribution in [1.29, 1.82) is 0 Å². The number of amides is 1. The molecule has 8 nitrogen and oxygen atoms in total. The molecule has 0 unspecified atom stereocenters. The lowest BCUT2D eigenvalue weighted by molar-refractivity contribution is -0.150. The first-order chi connectivity index (χ1) is 18.1. The van der Waals surface area contributed by atoms with Crippen LogP contribution in [0.3, 0.4) is 0 Å². The zero-order chi connectivity index (χ0) is 27.2. The van der Waals surface area contributed by atoms with Crippen molar-refractivity contribution in [2.24, 2.45) is 0 Å². The minimum Gasteiger partial charge on any atom is -0.495 e. The van der Waals surface area contributed by atoms with Crippen molar-refractivity contribution >= 4 is 17.3 Å². The molecule has 1 amide bonds. The highest BCUT2D eigenvalue weighted by Gasteiger charge is 2.47. The lowest BCUT2D eigenvalue weighted by Gasteiger charge is -2.46. The van der Waals surface area contributed by atoms with Crippen LogP contribution in [0.25, 0.3) is 16.8 Å². The number of alkyl halides is 2. The number of benzene rings is 1. The fraction of sp³-hybridized carbons (Fsp3) is 0.536. The Bertz CT molecular complexity index is 1330. The molecule has 0 spiro atoms. The van der Waals surface area contributed by atoms with E-state index in [9.17, 15) is 13.6 Å². The molecule has 0 bridgehead atoms. The van der Waals surface area contributed by atoms with Gasteiger partial charge in [0.1, 0.15) is 11.6 Å². The summed E-state index contributed by atoms with van der Waals surface area (Å²) in [5, 5.41) is 0. The second-order valence-electron chi connectivity index (χ2n) is 10.7. The number of halogens is 2. The van der Waals surface area contributed by atoms with Gasteiger partial charge in [-0.1, -0.05) is 6.07 Å². The summed E-state index contributed by atoms with van der Waals surface area (Å²) in [6.45, 7) is 5.34. The number of hydrogen-bond donors (Lipinski definition) is 0. The fourth-order valence-corrected chi connectivity index (χ4v) is 5.70. The zero-order valence-corrected chi connectivity index (χ0v) is 22.6. The quantitative estimate of drug-likeness (QED) is 0.411. The molecule has 1 saturated heterocycles. The predicted molar refractivity (Wildman–Crippen MR) is 141 cm³/mol. The Labute approximate surface area is 221 Å². The molecule has 1 aromatic carbocycles. The first kappa shape index (κ1) is 26.3. The number of fused-ring (bicyclic) bond motifs is 1. The maximum Gasteiger partial charge on any atom is 0.414 e. The number of nitrogens with zero attached hydrogens (tertiary/aromatic N) is 5. The van der Waals surface area contributed by atoms with E-state index in [1.54, 1.807) is 34.2 Å². The normalized spacial score (nSPS) is 21.4. The average molecular weight is 528 g/mol. The van der Waals surface area contributed by atoms with E-state index in [0.717, 1.165) is 54.0 Å². The summed E-state index contributed by atoms with van der Waals surface area (Å²) in [4.78, 5) is 25.5. The number of methoxy groups -OCH3 is 1. The first-order valence-electron chi connectivity index (χ1n) is 13.2. The van der Waals surface area contributed by atoms with Crippen molar-refractivity contribution < 1.29 is 23.0 Å². The van der Waals surface area contributed by atoms with Crippen LogP contribution in [0.2, 0.25) is 0 Å². The Balaban J connectivity index is 1.44. The number of anilines is 1. The third-order valence-electron chi connectivity index (χ3n) is 7.64. The molecule has 3 aromatic rings. The summed E-state index contributed by atoms with van der Waals surface area (Å²) >= 11 is 0. The van der Waals surface area contributed by atoms with Gasteiger partial charge in [-0.2, -0.15) is 0 Å². The third kappa shape index (κ3) is 4.93. The molecule has 38 heavy (non-hydrogen) atoms. The summed E-state index contributed by atoms with van der Waals surface area (Å²) in [5.41, 5.74) is 4.03. The molecule has 5 rings (SSSR count). The minimum atomic E-state index is -2.53. The second-order valence-corrected chi connectivity index (χ2v) is 10.7. The number of likely N-dealkylation sites (tertiary alicyclic amines) is 1. The van der Waals surface area contributed by atoms with Gasteiger partial charge in [-0.25, -0.2) is 18.6 Å². The van der Waals surface area contributed by atoms with Crippen LogP contribution in [-0.4, -0.2) is 70.7 Å². The molecule has 2 fully saturated rings. The lowest BCUT2D eigenvalue weighted by atomic mass is 9.83. The standard InChI is InChI=1S/C28H35F2N5O3/c1-17(2)38-27(36)33(4)22-11-8-20(14-23(22)37-5)24-25-18(3)31-12-13-35(25)26(32-24)19-6-9-21(10-7-19)34-15-28(29,30)16-34/h8,11-14,17,19,21H,6-7,9-10,15-16H2,1-5H3. The van der Waals surface area contributed by atoms with E-state index in [-0.39, 0.29) is 31.2 Å². The van der Waals surface area contributed by atoms with Crippen LogP contribution in [0.15, 0.2) is 30.6 Å². The van der Waals surface area contributed by atoms with E-state index < -0.39 is 12.0 Å². The van der Waals surface area contributed by atoms with Gasteiger partial charge in [-0.05, 0) is 58.6 Å². The molecule has 10 heteroatoms. The maximum atomic E-state index is 13.4. The van der Waals surface area contributed by atoms with Crippen LogP contribution < -0.4 is 9.64 Å². The molecule has 2 aliphatic rings. The van der Waals surface area contributed by atoms with Crippen LogP contribution >= 0.6 is 0 Å². The smallest absolute Gasteiger partial charge is 0.414 e. The van der Waals surface area contributed by atoms with Gasteiger partial charge in [-0.15, -0.1) is 0 Å². The Morgan fingerprint density at radius 1 is 1.18 bits per heavy atom. The molecule has 0 radical (unpaired) electrons. The monoisotopic (exact) mass is 527 g/mol. The van der Waals surface area contributed by atoms with Gasteiger partial charge in [0.2, 0.25) is 0 Å². The summed E-state index contributed by atoms with van der Waals surface area (Å²) in [6.07, 6.45) is 6.60. The molecular formula is C28H35F2N5O3. The molecule has 0 N–H and O–H groups in total. The Morgan fingerprint density at radius 3 is 2.53 bits per heavy atom. The number of aryl methyl sites for hydroxylation is 1. The van der Waals surface area contributed by atoms with Gasteiger partial charge < -0.3 is 9.47 Å². The first-order valence-corrected chi connectivity index (χ1v) is 13.2. The highest BCUT2D eigenvalue weighted by Crippen LogP contribution is 2.41. The Morgan fingerprint density at radius 2 is 1.89 bits per heavy atom. The van der Waals surface area contributed by atoms with Crippen molar-refractivity contribution in [3.05, 3.63) is 42.1 Å². The van der Waals surface area contributed by atoms with E-state index in [0.29, 0.717) is 11.4 Å². The summed E-state index contributed by atoms with van der Waals surface area (Å²) in [5.74, 6) is -0.806. The van der Waals surface area contributed by atoms with Crippen molar-refractivity contribution in [1.82, 2.24) is 19.3 Å². The van der Waals surface area contributed by atoms with E-state index in [4.69, 9.17) is 14.5 Å². The summed E-state index contributed by atoms with van der Waals surface area (Å²) in [7, 11) is 3.22. The van der Waals surface area contributed by atoms with Gasteiger partial charge >= 0.3 is 6.09 Å². The van der Waals surface area contributed by atoms with E-state index >= 15 is 0 Å². The number of aromatic nitrogens is 3. The molecule has 0 atom stereocenters. The number of rotatable bonds is 6. The van der Waals surface area contributed by atoms with Gasteiger partial charge in [0.05, 0.1) is 48.9 Å². The molecule has 1 aliphatic heterocycles. The number of imidazole rings is 1. The molecule has 2 aromatic heterocycles. The number of hydrogen-bond acceptors (Lipinski definition) is 6. The van der Waals surface area contributed by atoms with Crippen molar-refractivity contribution in [3.8, 4) is 17.0 Å². The van der Waals surface area contributed by atoms with Crippen LogP contribution in [0.1, 0.15) is 57.0 Å². The van der Waals surface area contributed by atoms with Crippen LogP contribution in [0.4, 0.5) is 19.3 Å². The maximum absolute atomic E-state index is 13.4. The SMILES string of the molecule is COc1cc(-c2nc(C3CCC(N4CC(F)(F)C4)CC3)n3ccnc(C)c23)ccc1N(C)C(=O)OC(C)C. The minimum absolute atomic E-state index is 0.119. The van der Waals surface area contributed by atoms with E-state index in [1.165, 1.54) is 4.90 Å². The molecule has 3 heterocycles. The summed E-state index contributed by atoms with van der Waals surface area (Å²) in [6, 6.07) is 5.86. The van der Waals surface area contributed by atoms with E-state index in [1.807, 2.05) is 36.2 Å². The largest absolute Gasteiger partial charge is 0.495 e. The second kappa shape index (κ2) is 10.1. The van der Waals surface area contributed by atoms with Crippen LogP contribution in [-0.2, 0) is 4.74 Å². The number of carbonyl (C=O) groups excluding carboxylic acids is 1. The van der Waals surface area contributed by atoms with Crippen molar-refractivity contribution in [2.45, 2.75) is 70.4 Å². The zero-order valence-electron chi connectivity index (χ0n) is 22.6. The lowest BCUT2D eigenvalue weighted by Crippen LogP contribution is -2.60. The molecular weight excluding hydrogens is 492 g/mol. The Kier molecular flexibility index (Phi) is 7.02. The number of ether oxygens (including phenoxy) is 2. The van der Waals surface area contributed by atoms with Gasteiger partial charge in [0.15, 0.2) is 0 Å². The average Bonchev–Trinajstić information content (AvgIpc) is 3.27. The summed E-state index contributed by atoms with van der Waals surface area (Å²) < 4.78 is 39.9. The van der Waals surface area contributed by atoms with Crippen molar-refractivity contribution in [3.63, 3.8) is 0 Å². The third-order valence-corrected chi connectivity index (χ3v) is 7.64. The highest BCUT2D eigenvalue weighted by atomic mass is 19.3. The fourth-order valence-electron chi connectivity index (χ4n) is 5.70. The number of carbonyl (C=O) groups is 1. The predicted octanol–water partition coefficient (Wildman–Crippen LogP) is 5.67. The van der Waals surface area contributed by atoms with Gasteiger partial charge in [0, 0.05) is 37.0 Å². The van der Waals surface area contributed by atoms with Gasteiger partial charge in [-0.3, -0.25) is 19.2 Å². The molecule has 204 valence electrons. The van der Waals surface area contributed by atoms with E-state index in [2.05, 4.69) is 9.38 Å². The molecule has 1 saturated carbocycles. The van der Waals surface area contributed by atoms with Gasteiger partial charge in [0.25, 0.3) is 5.92 Å².